The van der Waals surface area contributed by atoms with Gasteiger partial charge in [0.1, 0.15) is 11.6 Å². The van der Waals surface area contributed by atoms with Crippen molar-refractivity contribution in [3.8, 4) is 0 Å². The van der Waals surface area contributed by atoms with Gasteiger partial charge in [-0.25, -0.2) is 9.37 Å². The van der Waals surface area contributed by atoms with Crippen LogP contribution in [0.4, 0.5) is 15.9 Å². The zero-order chi connectivity index (χ0) is 19.2. The Bertz CT molecular complexity index is 912. The first-order valence-corrected chi connectivity index (χ1v) is 8.87. The summed E-state index contributed by atoms with van der Waals surface area (Å²) in [5, 5.41) is 2.93. The number of hydrogen-bond acceptors (Lipinski definition) is 3. The summed E-state index contributed by atoms with van der Waals surface area (Å²) in [6.45, 7) is 4.50. The third-order valence-corrected chi connectivity index (χ3v) is 4.22. The van der Waals surface area contributed by atoms with Gasteiger partial charge in [-0.3, -0.25) is 4.79 Å². The Balaban J connectivity index is 1.81. The second kappa shape index (κ2) is 8.45. The lowest BCUT2D eigenvalue weighted by molar-refractivity contribution is 0.0690. The molecule has 1 aromatic heterocycles. The summed E-state index contributed by atoms with van der Waals surface area (Å²) in [5.74, 6) is -0.0360. The van der Waals surface area contributed by atoms with E-state index in [9.17, 15) is 9.18 Å². The Hall–Kier alpha value is -3.21. The predicted octanol–water partition coefficient (Wildman–Crippen LogP) is 5.02. The van der Waals surface area contributed by atoms with Crippen molar-refractivity contribution >= 4 is 17.4 Å². The van der Waals surface area contributed by atoms with Crippen molar-refractivity contribution in [1.29, 1.82) is 0 Å². The molecule has 0 saturated carbocycles. The maximum atomic E-state index is 13.8. The van der Waals surface area contributed by atoms with Crippen molar-refractivity contribution in [2.24, 2.45) is 0 Å². The van der Waals surface area contributed by atoms with Gasteiger partial charge in [-0.15, -0.1) is 0 Å². The molecule has 3 aromatic rings. The molecule has 27 heavy (non-hydrogen) atoms. The number of para-hydroxylation sites is 1. The normalized spacial score (nSPS) is 10.7. The number of pyridine rings is 1. The van der Waals surface area contributed by atoms with Crippen molar-refractivity contribution in [1.82, 2.24) is 9.88 Å². The third-order valence-electron chi connectivity index (χ3n) is 4.22. The second-order valence-corrected chi connectivity index (χ2v) is 6.55. The molecule has 0 aliphatic carbocycles. The van der Waals surface area contributed by atoms with Crippen LogP contribution < -0.4 is 5.32 Å². The van der Waals surface area contributed by atoms with E-state index in [2.05, 4.69) is 10.3 Å². The van der Waals surface area contributed by atoms with E-state index in [1.807, 2.05) is 44.2 Å². The summed E-state index contributed by atoms with van der Waals surface area (Å²) in [6, 6.07) is 19.6. The lowest BCUT2D eigenvalue weighted by Crippen LogP contribution is -2.36. The van der Waals surface area contributed by atoms with Crippen LogP contribution in [0.3, 0.4) is 0 Å². The zero-order valence-corrected chi connectivity index (χ0v) is 15.4. The van der Waals surface area contributed by atoms with Gasteiger partial charge in [0.25, 0.3) is 5.91 Å². The number of carbonyl (C=O) groups excluding carboxylic acids is 1. The van der Waals surface area contributed by atoms with Gasteiger partial charge in [0, 0.05) is 24.3 Å². The highest BCUT2D eigenvalue weighted by Crippen LogP contribution is 2.20. The SMILES string of the molecule is CC(C)N(Cc1ccccc1)C(=O)c1ccnc(Nc2ccccc2F)c1. The largest absolute Gasteiger partial charge is 0.338 e. The number of hydrogen-bond donors (Lipinski definition) is 1. The summed E-state index contributed by atoms with van der Waals surface area (Å²) in [4.78, 5) is 19.1. The highest BCUT2D eigenvalue weighted by atomic mass is 19.1. The van der Waals surface area contributed by atoms with Gasteiger partial charge in [-0.2, -0.15) is 0 Å². The van der Waals surface area contributed by atoms with Gasteiger partial charge in [0.15, 0.2) is 0 Å². The maximum absolute atomic E-state index is 13.8. The van der Waals surface area contributed by atoms with Gasteiger partial charge in [0.2, 0.25) is 0 Å². The van der Waals surface area contributed by atoms with E-state index >= 15 is 0 Å². The molecule has 0 fully saturated rings. The van der Waals surface area contributed by atoms with Crippen LogP contribution in [0.2, 0.25) is 0 Å². The van der Waals surface area contributed by atoms with Crippen LogP contribution in [-0.4, -0.2) is 21.8 Å². The average Bonchev–Trinajstić information content (AvgIpc) is 2.68. The van der Waals surface area contributed by atoms with Crippen molar-refractivity contribution < 1.29 is 9.18 Å². The molecule has 0 bridgehead atoms. The van der Waals surface area contributed by atoms with E-state index in [4.69, 9.17) is 0 Å². The van der Waals surface area contributed by atoms with Gasteiger partial charge >= 0.3 is 0 Å². The Morgan fingerprint density at radius 3 is 2.48 bits per heavy atom. The van der Waals surface area contributed by atoms with Crippen molar-refractivity contribution in [3.63, 3.8) is 0 Å². The summed E-state index contributed by atoms with van der Waals surface area (Å²) in [7, 11) is 0. The fourth-order valence-electron chi connectivity index (χ4n) is 2.77. The van der Waals surface area contributed by atoms with Gasteiger partial charge in [-0.1, -0.05) is 42.5 Å². The molecule has 0 saturated heterocycles. The minimum atomic E-state index is -0.371. The monoisotopic (exact) mass is 363 g/mol. The van der Waals surface area contributed by atoms with E-state index in [0.29, 0.717) is 23.6 Å². The number of aromatic nitrogens is 1. The number of benzene rings is 2. The number of nitrogens with zero attached hydrogens (tertiary/aromatic N) is 2. The molecule has 1 N–H and O–H groups in total. The molecule has 0 atom stereocenters. The first-order valence-electron chi connectivity index (χ1n) is 8.87. The summed E-state index contributed by atoms with van der Waals surface area (Å²) >= 11 is 0. The highest BCUT2D eigenvalue weighted by Gasteiger charge is 2.19. The third kappa shape index (κ3) is 4.70. The molecule has 1 heterocycles. The van der Waals surface area contributed by atoms with Crippen molar-refractivity contribution in [2.45, 2.75) is 26.4 Å². The Morgan fingerprint density at radius 2 is 1.78 bits per heavy atom. The topological polar surface area (TPSA) is 45.2 Å². The first kappa shape index (κ1) is 18.6. The number of carbonyl (C=O) groups is 1. The molecule has 0 spiro atoms. The lowest BCUT2D eigenvalue weighted by atomic mass is 10.1. The maximum Gasteiger partial charge on any atom is 0.254 e. The van der Waals surface area contributed by atoms with E-state index in [1.54, 1.807) is 41.4 Å². The minimum absolute atomic E-state index is 0.0360. The lowest BCUT2D eigenvalue weighted by Gasteiger charge is -2.27. The summed E-state index contributed by atoms with van der Waals surface area (Å²) in [5.41, 5.74) is 1.89. The number of amides is 1. The fraction of sp³-hybridized carbons (Fsp3) is 0.182. The van der Waals surface area contributed by atoms with Crippen molar-refractivity contribution in [2.75, 3.05) is 5.32 Å². The molecule has 138 valence electrons. The summed E-state index contributed by atoms with van der Waals surface area (Å²) in [6.07, 6.45) is 1.55. The molecule has 4 nitrogen and oxygen atoms in total. The molecule has 0 unspecified atom stereocenters. The number of anilines is 2. The van der Waals surface area contributed by atoms with Crippen LogP contribution in [-0.2, 0) is 6.54 Å². The molecular formula is C22H22FN3O. The fourth-order valence-corrected chi connectivity index (χ4v) is 2.77. The number of halogens is 1. The molecule has 2 aromatic carbocycles. The smallest absolute Gasteiger partial charge is 0.254 e. The molecule has 5 heteroatoms. The molecule has 0 aliphatic rings. The number of rotatable bonds is 6. The molecule has 3 rings (SSSR count). The Morgan fingerprint density at radius 1 is 1.07 bits per heavy atom. The quantitative estimate of drug-likeness (QED) is 0.669. The van der Waals surface area contributed by atoms with Gasteiger partial charge in [-0.05, 0) is 43.7 Å². The highest BCUT2D eigenvalue weighted by molar-refractivity contribution is 5.95. The van der Waals surface area contributed by atoms with Gasteiger partial charge in [0.05, 0.1) is 5.69 Å². The van der Waals surface area contributed by atoms with Crippen LogP contribution in [0.15, 0.2) is 72.9 Å². The second-order valence-electron chi connectivity index (χ2n) is 6.55. The first-order chi connectivity index (χ1) is 13.0. The van der Waals surface area contributed by atoms with Crippen LogP contribution in [0.1, 0.15) is 29.8 Å². The Kier molecular flexibility index (Phi) is 5.81. The zero-order valence-electron chi connectivity index (χ0n) is 15.4. The van der Waals surface area contributed by atoms with E-state index in [0.717, 1.165) is 5.56 Å². The number of nitrogens with one attached hydrogen (secondary N) is 1. The average molecular weight is 363 g/mol. The van der Waals surface area contributed by atoms with Crippen LogP contribution in [0, 0.1) is 5.82 Å². The van der Waals surface area contributed by atoms with Crippen LogP contribution in [0.5, 0.6) is 0 Å². The standard InChI is InChI=1S/C22H22FN3O/c1-16(2)26(15-17-8-4-3-5-9-17)22(27)18-12-13-24-21(14-18)25-20-11-7-6-10-19(20)23/h3-14,16H,15H2,1-2H3,(H,24,25). The van der Waals surface area contributed by atoms with E-state index in [-0.39, 0.29) is 17.8 Å². The minimum Gasteiger partial charge on any atom is -0.338 e. The predicted molar refractivity (Wildman–Crippen MR) is 105 cm³/mol. The van der Waals surface area contributed by atoms with Crippen LogP contribution >= 0.6 is 0 Å². The molecule has 0 aliphatic heterocycles. The molecular weight excluding hydrogens is 341 g/mol. The molecule has 1 amide bonds. The van der Waals surface area contributed by atoms with Crippen molar-refractivity contribution in [3.05, 3.63) is 89.9 Å². The van der Waals surface area contributed by atoms with E-state index in [1.165, 1.54) is 6.07 Å². The van der Waals surface area contributed by atoms with E-state index < -0.39 is 0 Å². The summed E-state index contributed by atoms with van der Waals surface area (Å²) < 4.78 is 13.8. The van der Waals surface area contributed by atoms with Gasteiger partial charge < -0.3 is 10.2 Å². The Labute approximate surface area is 158 Å². The van der Waals surface area contributed by atoms with Crippen LogP contribution in [0.25, 0.3) is 0 Å². The molecule has 0 radical (unpaired) electrons.